The fraction of sp³-hybridized carbons (Fsp3) is 0.240. The minimum Gasteiger partial charge on any atom is -0.340 e. The van der Waals surface area contributed by atoms with Gasteiger partial charge in [-0.05, 0) is 41.3 Å². The van der Waals surface area contributed by atoms with Gasteiger partial charge in [-0.1, -0.05) is 60.7 Å². The Morgan fingerprint density at radius 3 is 2.44 bits per heavy atom. The van der Waals surface area contributed by atoms with Crippen LogP contribution in [0.3, 0.4) is 0 Å². The van der Waals surface area contributed by atoms with Gasteiger partial charge < -0.3 is 10.2 Å². The Morgan fingerprint density at radius 2 is 1.69 bits per heavy atom. The summed E-state index contributed by atoms with van der Waals surface area (Å²) >= 11 is 0. The van der Waals surface area contributed by atoms with Gasteiger partial charge in [0, 0.05) is 18.5 Å². The summed E-state index contributed by atoms with van der Waals surface area (Å²) in [7, 11) is 0. The summed E-state index contributed by atoms with van der Waals surface area (Å²) in [6.07, 6.45) is 1.58. The van der Waals surface area contributed by atoms with Gasteiger partial charge in [-0.25, -0.2) is 5.84 Å². The van der Waals surface area contributed by atoms with Crippen LogP contribution in [0.1, 0.15) is 28.8 Å². The standard InChI is InChI=1S/C25H26N4O3/c26-28-24(31)22-11-6-14-29(22)25(32)21(15-17-7-2-1-3-8-17)27-23(30)20-13-12-18-9-4-5-10-19(18)16-20/h1-5,7-10,12-13,16,21-22H,6,11,14-15,26H2,(H,27,30)(H,28,31). The molecule has 3 aromatic rings. The molecule has 4 N–H and O–H groups in total. The third kappa shape index (κ3) is 4.63. The Hall–Kier alpha value is -3.71. The molecule has 0 spiro atoms. The minimum absolute atomic E-state index is 0.283. The number of hydrogen-bond acceptors (Lipinski definition) is 4. The van der Waals surface area contributed by atoms with Gasteiger partial charge in [0.15, 0.2) is 0 Å². The van der Waals surface area contributed by atoms with E-state index in [1.165, 1.54) is 4.90 Å². The van der Waals surface area contributed by atoms with Crippen LogP contribution < -0.4 is 16.6 Å². The largest absolute Gasteiger partial charge is 0.340 e. The van der Waals surface area contributed by atoms with Crippen molar-refractivity contribution in [1.82, 2.24) is 15.6 Å². The van der Waals surface area contributed by atoms with Gasteiger partial charge in [-0.15, -0.1) is 0 Å². The molecular formula is C25H26N4O3. The molecule has 3 aromatic carbocycles. The molecule has 2 unspecified atom stereocenters. The molecule has 0 saturated carbocycles. The molecule has 7 nitrogen and oxygen atoms in total. The molecule has 1 saturated heterocycles. The van der Waals surface area contributed by atoms with Crippen molar-refractivity contribution in [3.8, 4) is 0 Å². The van der Waals surface area contributed by atoms with Gasteiger partial charge in [0.1, 0.15) is 12.1 Å². The summed E-state index contributed by atoms with van der Waals surface area (Å²) in [6.45, 7) is 0.452. The van der Waals surface area contributed by atoms with Crippen molar-refractivity contribution in [3.05, 3.63) is 83.9 Å². The van der Waals surface area contributed by atoms with Crippen LogP contribution in [-0.2, 0) is 16.0 Å². The van der Waals surface area contributed by atoms with E-state index in [2.05, 4.69) is 10.7 Å². The first-order valence-corrected chi connectivity index (χ1v) is 10.7. The molecular weight excluding hydrogens is 404 g/mol. The number of hydrogen-bond donors (Lipinski definition) is 3. The van der Waals surface area contributed by atoms with Crippen molar-refractivity contribution < 1.29 is 14.4 Å². The van der Waals surface area contributed by atoms with Gasteiger partial charge in [-0.2, -0.15) is 0 Å². The molecule has 2 atom stereocenters. The molecule has 1 aliphatic rings. The quantitative estimate of drug-likeness (QED) is 0.317. The minimum atomic E-state index is -0.803. The predicted octanol–water partition coefficient (Wildman–Crippen LogP) is 2.16. The number of benzene rings is 3. The third-order valence-electron chi connectivity index (χ3n) is 5.88. The number of fused-ring (bicyclic) bond motifs is 1. The topological polar surface area (TPSA) is 105 Å². The summed E-state index contributed by atoms with van der Waals surface area (Å²) in [4.78, 5) is 40.2. The molecule has 1 aliphatic heterocycles. The van der Waals surface area contributed by atoms with Crippen molar-refractivity contribution in [3.63, 3.8) is 0 Å². The molecule has 1 fully saturated rings. The van der Waals surface area contributed by atoms with Crippen LogP contribution in [0.25, 0.3) is 10.8 Å². The van der Waals surface area contributed by atoms with Gasteiger partial charge in [0.05, 0.1) is 0 Å². The average molecular weight is 431 g/mol. The summed E-state index contributed by atoms with van der Waals surface area (Å²) in [5.74, 6) is 4.30. The van der Waals surface area contributed by atoms with Crippen LogP contribution in [0.15, 0.2) is 72.8 Å². The fourth-order valence-corrected chi connectivity index (χ4v) is 4.22. The van der Waals surface area contributed by atoms with Gasteiger partial charge in [0.25, 0.3) is 11.8 Å². The SMILES string of the molecule is NNC(=O)C1CCCN1C(=O)C(Cc1ccccc1)NC(=O)c1ccc2ccccc2c1. The number of hydrazine groups is 1. The van der Waals surface area contributed by atoms with Gasteiger partial charge in [-0.3, -0.25) is 19.8 Å². The smallest absolute Gasteiger partial charge is 0.256 e. The number of likely N-dealkylation sites (tertiary alicyclic amines) is 1. The Bertz CT molecular complexity index is 1130. The van der Waals surface area contributed by atoms with Crippen molar-refractivity contribution in [1.29, 1.82) is 0 Å². The Balaban J connectivity index is 1.59. The Kier molecular flexibility index (Phi) is 6.47. The van der Waals surface area contributed by atoms with Crippen molar-refractivity contribution in [2.75, 3.05) is 6.54 Å². The number of carbonyl (C=O) groups excluding carboxylic acids is 3. The average Bonchev–Trinajstić information content (AvgIpc) is 3.33. The van der Waals surface area contributed by atoms with E-state index in [0.29, 0.717) is 31.4 Å². The van der Waals surface area contributed by atoms with Crippen molar-refractivity contribution in [2.24, 2.45) is 5.84 Å². The third-order valence-corrected chi connectivity index (χ3v) is 5.88. The number of nitrogens with two attached hydrogens (primary N) is 1. The Morgan fingerprint density at radius 1 is 0.969 bits per heavy atom. The molecule has 0 aliphatic carbocycles. The number of nitrogens with one attached hydrogen (secondary N) is 2. The second-order valence-electron chi connectivity index (χ2n) is 7.98. The summed E-state index contributed by atoms with van der Waals surface area (Å²) < 4.78 is 0. The summed E-state index contributed by atoms with van der Waals surface area (Å²) in [6, 6.07) is 21.3. The lowest BCUT2D eigenvalue weighted by atomic mass is 10.0. The van der Waals surface area contributed by atoms with E-state index in [4.69, 9.17) is 5.84 Å². The maximum Gasteiger partial charge on any atom is 0.256 e. The molecule has 4 rings (SSSR count). The van der Waals surface area contributed by atoms with Crippen molar-refractivity contribution >= 4 is 28.5 Å². The fourth-order valence-electron chi connectivity index (χ4n) is 4.22. The highest BCUT2D eigenvalue weighted by Gasteiger charge is 2.37. The van der Waals surface area contributed by atoms with Crippen LogP contribution in [0, 0.1) is 0 Å². The molecule has 1 heterocycles. The molecule has 0 radical (unpaired) electrons. The summed E-state index contributed by atoms with van der Waals surface area (Å²) in [5, 5.41) is 4.89. The first-order valence-electron chi connectivity index (χ1n) is 10.7. The number of amides is 3. The molecule has 3 amide bonds. The molecule has 32 heavy (non-hydrogen) atoms. The van der Waals surface area contributed by atoms with E-state index in [9.17, 15) is 14.4 Å². The maximum absolute atomic E-state index is 13.5. The zero-order valence-corrected chi connectivity index (χ0v) is 17.7. The number of carbonyl (C=O) groups is 3. The number of rotatable bonds is 6. The van der Waals surface area contributed by atoms with E-state index in [1.54, 1.807) is 6.07 Å². The van der Waals surface area contributed by atoms with Crippen LogP contribution >= 0.6 is 0 Å². The monoisotopic (exact) mass is 430 g/mol. The first-order chi connectivity index (χ1) is 15.6. The molecule has 164 valence electrons. The predicted molar refractivity (Wildman–Crippen MR) is 122 cm³/mol. The van der Waals surface area contributed by atoms with Crippen molar-refractivity contribution in [2.45, 2.75) is 31.3 Å². The lowest BCUT2D eigenvalue weighted by Crippen LogP contribution is -2.55. The Labute approximate surface area is 186 Å². The lowest BCUT2D eigenvalue weighted by Gasteiger charge is -2.28. The van der Waals surface area contributed by atoms with Crippen LogP contribution in [0.2, 0.25) is 0 Å². The van der Waals surface area contributed by atoms with Crippen LogP contribution in [0.4, 0.5) is 0 Å². The normalized spacial score (nSPS) is 16.5. The highest BCUT2D eigenvalue weighted by Crippen LogP contribution is 2.20. The maximum atomic E-state index is 13.5. The first kappa shape index (κ1) is 21.5. The summed E-state index contributed by atoms with van der Waals surface area (Å²) in [5.41, 5.74) is 3.54. The van der Waals surface area contributed by atoms with Crippen LogP contribution in [0.5, 0.6) is 0 Å². The lowest BCUT2D eigenvalue weighted by molar-refractivity contribution is -0.139. The second kappa shape index (κ2) is 9.62. The molecule has 7 heteroatoms. The van der Waals surface area contributed by atoms with E-state index in [0.717, 1.165) is 16.3 Å². The molecule has 0 aromatic heterocycles. The molecule has 0 bridgehead atoms. The van der Waals surface area contributed by atoms with Gasteiger partial charge >= 0.3 is 0 Å². The van der Waals surface area contributed by atoms with E-state index < -0.39 is 18.0 Å². The van der Waals surface area contributed by atoms with E-state index >= 15 is 0 Å². The van der Waals surface area contributed by atoms with Gasteiger partial charge in [0.2, 0.25) is 5.91 Å². The zero-order chi connectivity index (χ0) is 22.5. The number of nitrogens with zero attached hydrogens (tertiary/aromatic N) is 1. The highest BCUT2D eigenvalue weighted by atomic mass is 16.2. The van der Waals surface area contributed by atoms with Crippen LogP contribution in [-0.4, -0.2) is 41.2 Å². The van der Waals surface area contributed by atoms with E-state index in [1.807, 2.05) is 66.7 Å². The van der Waals surface area contributed by atoms with E-state index in [-0.39, 0.29) is 11.8 Å². The highest BCUT2D eigenvalue weighted by molar-refractivity contribution is 6.01. The second-order valence-corrected chi connectivity index (χ2v) is 7.98. The zero-order valence-electron chi connectivity index (χ0n) is 17.7.